The number of hydrogen-bond donors (Lipinski definition) is 1. The summed E-state index contributed by atoms with van der Waals surface area (Å²) in [5.74, 6) is 2.10. The second-order valence-electron chi connectivity index (χ2n) is 8.63. The molecule has 0 bridgehead atoms. The van der Waals surface area contributed by atoms with Crippen LogP contribution in [0.25, 0.3) is 11.3 Å². The molecule has 0 spiro atoms. The Hall–Kier alpha value is -2.17. The first-order valence-electron chi connectivity index (χ1n) is 10.7. The number of halogens is 1. The summed E-state index contributed by atoms with van der Waals surface area (Å²) in [6.45, 7) is 3.11. The average molecular weight is 384 g/mol. The molecule has 1 saturated carbocycles. The summed E-state index contributed by atoms with van der Waals surface area (Å²) in [5, 5.41) is 0. The number of carbonyl (C=O) groups excluding carboxylic acids is 1. The van der Waals surface area contributed by atoms with E-state index in [1.165, 1.54) is 37.8 Å². The van der Waals surface area contributed by atoms with Crippen molar-refractivity contribution in [3.63, 3.8) is 0 Å². The van der Waals surface area contributed by atoms with Crippen molar-refractivity contribution in [2.75, 3.05) is 6.54 Å². The number of H-pyrrole nitrogens is 1. The van der Waals surface area contributed by atoms with Gasteiger partial charge in [-0.2, -0.15) is 0 Å². The fraction of sp³-hybridized carbons (Fsp3) is 0.565. The second kappa shape index (κ2) is 8.46. The lowest BCUT2D eigenvalue weighted by Gasteiger charge is -2.36. The molecule has 28 heavy (non-hydrogen) atoms. The summed E-state index contributed by atoms with van der Waals surface area (Å²) in [5.41, 5.74) is 1.58. The van der Waals surface area contributed by atoms with Crippen LogP contribution in [0, 0.1) is 17.7 Å². The number of rotatable bonds is 4. The smallest absolute Gasteiger partial charge is 0.223 e. The summed E-state index contributed by atoms with van der Waals surface area (Å²) >= 11 is 0. The monoisotopic (exact) mass is 383 g/mol. The van der Waals surface area contributed by atoms with E-state index in [1.54, 1.807) is 12.3 Å². The summed E-state index contributed by atoms with van der Waals surface area (Å²) in [6.07, 6.45) is 10.4. The molecule has 1 aromatic heterocycles. The van der Waals surface area contributed by atoms with Crippen LogP contribution in [0.4, 0.5) is 4.39 Å². The van der Waals surface area contributed by atoms with Crippen molar-refractivity contribution in [1.82, 2.24) is 14.9 Å². The van der Waals surface area contributed by atoms with Crippen LogP contribution in [-0.4, -0.2) is 27.3 Å². The molecular formula is C23H30FN3O. The van der Waals surface area contributed by atoms with Crippen LogP contribution >= 0.6 is 0 Å². The quantitative estimate of drug-likeness (QED) is 0.759. The van der Waals surface area contributed by atoms with Gasteiger partial charge in [-0.15, -0.1) is 0 Å². The Morgan fingerprint density at radius 3 is 2.96 bits per heavy atom. The largest absolute Gasteiger partial charge is 0.340 e. The predicted octanol–water partition coefficient (Wildman–Crippen LogP) is 5.49. The molecule has 4 nitrogen and oxygen atoms in total. The Bertz CT molecular complexity index is 818. The van der Waals surface area contributed by atoms with Gasteiger partial charge in [0, 0.05) is 18.5 Å². The van der Waals surface area contributed by atoms with Crippen molar-refractivity contribution in [2.45, 2.75) is 64.3 Å². The number of hydrogen-bond acceptors (Lipinski definition) is 2. The maximum atomic E-state index is 13.5. The highest BCUT2D eigenvalue weighted by Crippen LogP contribution is 2.35. The fourth-order valence-corrected chi connectivity index (χ4v) is 4.93. The third kappa shape index (κ3) is 4.29. The van der Waals surface area contributed by atoms with E-state index in [-0.39, 0.29) is 17.8 Å². The minimum atomic E-state index is -0.259. The average Bonchev–Trinajstić information content (AvgIpc) is 3.18. The molecule has 1 aliphatic carbocycles. The molecule has 1 aromatic carbocycles. The van der Waals surface area contributed by atoms with E-state index in [0.717, 1.165) is 48.8 Å². The standard InChI is InChI=1S/C23H30FN3O/c1-16-6-4-7-17(12-16)13-22(28)27-11-3-2-10-21(27)23-25-15-20(26-23)18-8-5-9-19(24)14-18/h5,8-9,14-17,21H,2-4,6-7,10-13H2,1H3,(H,25,26). The van der Waals surface area contributed by atoms with E-state index in [1.807, 2.05) is 11.0 Å². The normalized spacial score (nSPS) is 25.6. The molecule has 2 heterocycles. The van der Waals surface area contributed by atoms with Crippen LogP contribution < -0.4 is 0 Å². The first kappa shape index (κ1) is 19.2. The van der Waals surface area contributed by atoms with Crippen LogP contribution in [0.5, 0.6) is 0 Å². The van der Waals surface area contributed by atoms with Gasteiger partial charge in [0.2, 0.25) is 5.91 Å². The molecule has 1 amide bonds. The number of aromatic amines is 1. The molecule has 0 radical (unpaired) electrons. The van der Waals surface area contributed by atoms with Crippen molar-refractivity contribution < 1.29 is 9.18 Å². The number of nitrogens with one attached hydrogen (secondary N) is 1. The number of imidazole rings is 1. The van der Waals surface area contributed by atoms with E-state index < -0.39 is 0 Å². The van der Waals surface area contributed by atoms with Gasteiger partial charge < -0.3 is 9.88 Å². The van der Waals surface area contributed by atoms with Crippen molar-refractivity contribution in [2.24, 2.45) is 11.8 Å². The summed E-state index contributed by atoms with van der Waals surface area (Å²) in [4.78, 5) is 23.1. The first-order valence-corrected chi connectivity index (χ1v) is 10.7. The van der Waals surface area contributed by atoms with Crippen LogP contribution in [0.15, 0.2) is 30.5 Å². The minimum Gasteiger partial charge on any atom is -0.340 e. The lowest BCUT2D eigenvalue weighted by atomic mass is 9.80. The van der Waals surface area contributed by atoms with Gasteiger partial charge >= 0.3 is 0 Å². The maximum Gasteiger partial charge on any atom is 0.223 e. The molecule has 1 aliphatic heterocycles. The highest BCUT2D eigenvalue weighted by atomic mass is 19.1. The SMILES string of the molecule is CC1CCCC(CC(=O)N2CCCCC2c2ncc(-c3cccc(F)c3)[nH]2)C1. The van der Waals surface area contributed by atoms with E-state index in [4.69, 9.17) is 0 Å². The Morgan fingerprint density at radius 1 is 1.25 bits per heavy atom. The van der Waals surface area contributed by atoms with Gasteiger partial charge in [0.15, 0.2) is 0 Å². The molecule has 2 aromatic rings. The van der Waals surface area contributed by atoms with Gasteiger partial charge in [-0.3, -0.25) is 4.79 Å². The van der Waals surface area contributed by atoms with Gasteiger partial charge in [0.05, 0.1) is 17.9 Å². The Balaban J connectivity index is 1.48. The predicted molar refractivity (Wildman–Crippen MR) is 108 cm³/mol. The minimum absolute atomic E-state index is 0.00423. The molecule has 2 aliphatic rings. The number of likely N-dealkylation sites (tertiary alicyclic amines) is 1. The van der Waals surface area contributed by atoms with Gasteiger partial charge in [-0.1, -0.05) is 31.9 Å². The number of nitrogens with zero attached hydrogens (tertiary/aromatic N) is 2. The number of aromatic nitrogens is 2. The highest BCUT2D eigenvalue weighted by Gasteiger charge is 2.32. The number of piperidine rings is 1. The first-order chi connectivity index (χ1) is 13.6. The van der Waals surface area contributed by atoms with Crippen LogP contribution in [0.1, 0.15) is 70.2 Å². The number of benzene rings is 1. The van der Waals surface area contributed by atoms with Gasteiger partial charge in [-0.25, -0.2) is 9.37 Å². The molecule has 4 rings (SSSR count). The molecule has 1 N–H and O–H groups in total. The molecule has 2 fully saturated rings. The molecule has 150 valence electrons. The topological polar surface area (TPSA) is 49.0 Å². The van der Waals surface area contributed by atoms with Crippen molar-refractivity contribution in [3.05, 3.63) is 42.1 Å². The van der Waals surface area contributed by atoms with Crippen LogP contribution in [0.2, 0.25) is 0 Å². The maximum absolute atomic E-state index is 13.5. The Kier molecular flexibility index (Phi) is 5.79. The zero-order valence-corrected chi connectivity index (χ0v) is 16.7. The van der Waals surface area contributed by atoms with Crippen LogP contribution in [-0.2, 0) is 4.79 Å². The second-order valence-corrected chi connectivity index (χ2v) is 8.63. The van der Waals surface area contributed by atoms with Gasteiger partial charge in [0.25, 0.3) is 0 Å². The van der Waals surface area contributed by atoms with E-state index >= 15 is 0 Å². The van der Waals surface area contributed by atoms with E-state index in [2.05, 4.69) is 16.9 Å². The van der Waals surface area contributed by atoms with E-state index in [0.29, 0.717) is 12.3 Å². The molecular weight excluding hydrogens is 353 g/mol. The lowest BCUT2D eigenvalue weighted by molar-refractivity contribution is -0.136. The summed E-state index contributed by atoms with van der Waals surface area (Å²) in [6, 6.07) is 6.52. The van der Waals surface area contributed by atoms with Crippen molar-refractivity contribution in [3.8, 4) is 11.3 Å². The van der Waals surface area contributed by atoms with Gasteiger partial charge in [0.1, 0.15) is 11.6 Å². The third-order valence-corrected chi connectivity index (χ3v) is 6.38. The summed E-state index contributed by atoms with van der Waals surface area (Å²) < 4.78 is 13.5. The molecule has 3 atom stereocenters. The third-order valence-electron chi connectivity index (χ3n) is 6.38. The Labute approximate surface area is 166 Å². The molecule has 5 heteroatoms. The van der Waals surface area contributed by atoms with Crippen LogP contribution in [0.3, 0.4) is 0 Å². The van der Waals surface area contributed by atoms with Crippen molar-refractivity contribution >= 4 is 5.91 Å². The molecule has 1 saturated heterocycles. The summed E-state index contributed by atoms with van der Waals surface area (Å²) in [7, 11) is 0. The highest BCUT2D eigenvalue weighted by molar-refractivity contribution is 5.77. The number of carbonyl (C=O) groups is 1. The van der Waals surface area contributed by atoms with E-state index in [9.17, 15) is 9.18 Å². The lowest BCUT2D eigenvalue weighted by Crippen LogP contribution is -2.40. The van der Waals surface area contributed by atoms with Crippen molar-refractivity contribution in [1.29, 1.82) is 0 Å². The zero-order valence-electron chi connectivity index (χ0n) is 16.7. The Morgan fingerprint density at radius 2 is 2.14 bits per heavy atom. The molecule has 3 unspecified atom stereocenters. The zero-order chi connectivity index (χ0) is 19.5. The van der Waals surface area contributed by atoms with Gasteiger partial charge in [-0.05, 0) is 56.1 Å². The number of amides is 1. The fourth-order valence-electron chi connectivity index (χ4n) is 4.93.